The average Bonchev–Trinajstić information content (AvgIpc) is 2.47. The van der Waals surface area contributed by atoms with E-state index >= 15 is 0 Å². The molecule has 0 unspecified atom stereocenters. The molecular formula is C7H6N2O3. The zero-order chi connectivity index (χ0) is 8.97. The van der Waals surface area contributed by atoms with E-state index in [2.05, 4.69) is 15.8 Å². The van der Waals surface area contributed by atoms with Crippen molar-refractivity contribution in [1.82, 2.24) is 10.5 Å². The number of carbonyl (C=O) groups excluding carboxylic acids is 1. The van der Waals surface area contributed by atoms with Gasteiger partial charge in [0, 0.05) is 0 Å². The summed E-state index contributed by atoms with van der Waals surface area (Å²) in [5.41, 5.74) is -0.458. The van der Waals surface area contributed by atoms with E-state index in [1.807, 2.05) is 5.16 Å². The summed E-state index contributed by atoms with van der Waals surface area (Å²) >= 11 is 0. The number of nitrogens with one attached hydrogen (secondary N) is 2. The number of hydrogen-bond acceptors (Lipinski definition) is 3. The van der Waals surface area contributed by atoms with Crippen LogP contribution in [0.4, 0.5) is 0 Å². The fourth-order valence-electron chi connectivity index (χ4n) is 0.614. The van der Waals surface area contributed by atoms with Crippen molar-refractivity contribution in [3.8, 4) is 12.3 Å². The molecule has 1 aromatic heterocycles. The number of carbonyl (C=O) groups is 1. The topological polar surface area (TPSA) is 75.1 Å². The molecule has 12 heavy (non-hydrogen) atoms. The lowest BCUT2D eigenvalue weighted by molar-refractivity contribution is 0.0922. The van der Waals surface area contributed by atoms with Crippen LogP contribution in [0.1, 0.15) is 10.6 Å². The van der Waals surface area contributed by atoms with E-state index in [0.717, 1.165) is 6.07 Å². The smallest absolute Gasteiger partial charge is 0.290 e. The van der Waals surface area contributed by atoms with Gasteiger partial charge in [-0.1, -0.05) is 5.92 Å². The maximum absolute atomic E-state index is 11.0. The maximum Gasteiger partial charge on any atom is 0.290 e. The van der Waals surface area contributed by atoms with Crippen LogP contribution in [0.15, 0.2) is 15.4 Å². The normalized spacial score (nSPS) is 8.92. The third-order valence-electron chi connectivity index (χ3n) is 1.10. The fraction of sp³-hybridized carbons (Fsp3) is 0.143. The highest BCUT2D eigenvalue weighted by atomic mass is 16.5. The summed E-state index contributed by atoms with van der Waals surface area (Å²) in [7, 11) is 0. The van der Waals surface area contributed by atoms with Crippen LogP contribution in [0.2, 0.25) is 0 Å². The van der Waals surface area contributed by atoms with Gasteiger partial charge in [0.05, 0.1) is 12.6 Å². The van der Waals surface area contributed by atoms with Crippen LogP contribution in [-0.2, 0) is 0 Å². The Hall–Kier alpha value is -1.96. The number of amides is 1. The molecule has 5 nitrogen and oxygen atoms in total. The first-order valence-electron chi connectivity index (χ1n) is 3.14. The first kappa shape index (κ1) is 8.14. The standard InChI is InChI=1S/C7H6N2O3/c1-2-3-8-7(11)5-4-6(10)9-12-5/h1,4H,3H2,(H,8,11)(H,9,10). The van der Waals surface area contributed by atoms with Crippen LogP contribution in [0.5, 0.6) is 0 Å². The van der Waals surface area contributed by atoms with Crippen molar-refractivity contribution in [2.45, 2.75) is 0 Å². The number of hydrogen-bond donors (Lipinski definition) is 2. The molecule has 5 heteroatoms. The van der Waals surface area contributed by atoms with E-state index in [1.54, 1.807) is 0 Å². The monoisotopic (exact) mass is 166 g/mol. The highest BCUT2D eigenvalue weighted by Crippen LogP contribution is 1.90. The Balaban J connectivity index is 2.67. The highest BCUT2D eigenvalue weighted by molar-refractivity contribution is 5.91. The Morgan fingerprint density at radius 2 is 2.58 bits per heavy atom. The van der Waals surface area contributed by atoms with Crippen molar-refractivity contribution in [2.75, 3.05) is 6.54 Å². The minimum atomic E-state index is -0.508. The van der Waals surface area contributed by atoms with Gasteiger partial charge in [-0.05, 0) is 0 Å². The Labute approximate surface area is 67.7 Å². The van der Waals surface area contributed by atoms with Crippen LogP contribution >= 0.6 is 0 Å². The summed E-state index contributed by atoms with van der Waals surface area (Å²) in [6, 6.07) is 1.05. The molecule has 1 heterocycles. The number of terminal acetylenes is 1. The number of rotatable bonds is 2. The Morgan fingerprint density at radius 3 is 3.08 bits per heavy atom. The molecule has 0 aliphatic heterocycles. The van der Waals surface area contributed by atoms with Crippen LogP contribution < -0.4 is 10.9 Å². The SMILES string of the molecule is C#CCNC(=O)c1cc(=O)[nH]o1. The van der Waals surface area contributed by atoms with Crippen molar-refractivity contribution in [3.63, 3.8) is 0 Å². The van der Waals surface area contributed by atoms with Crippen LogP contribution in [-0.4, -0.2) is 17.6 Å². The number of aromatic amines is 1. The lowest BCUT2D eigenvalue weighted by atomic mass is 10.4. The molecule has 2 N–H and O–H groups in total. The van der Waals surface area contributed by atoms with Crippen molar-refractivity contribution in [2.24, 2.45) is 0 Å². The van der Waals surface area contributed by atoms with Crippen molar-refractivity contribution < 1.29 is 9.32 Å². The quantitative estimate of drug-likeness (QED) is 0.572. The van der Waals surface area contributed by atoms with Gasteiger partial charge in [0.1, 0.15) is 0 Å². The van der Waals surface area contributed by atoms with Crippen LogP contribution in [0.25, 0.3) is 0 Å². The van der Waals surface area contributed by atoms with Gasteiger partial charge in [0.15, 0.2) is 0 Å². The maximum atomic E-state index is 11.0. The predicted octanol–water partition coefficient (Wildman–Crippen LogP) is -0.669. The molecule has 0 atom stereocenters. The molecule has 1 amide bonds. The molecule has 0 aliphatic carbocycles. The second-order valence-electron chi connectivity index (χ2n) is 1.96. The van der Waals surface area contributed by atoms with Crippen LogP contribution in [0, 0.1) is 12.3 Å². The molecule has 0 aromatic carbocycles. The molecule has 0 saturated heterocycles. The van der Waals surface area contributed by atoms with Gasteiger partial charge in [-0.3, -0.25) is 9.59 Å². The summed E-state index contributed by atoms with van der Waals surface area (Å²) in [6.07, 6.45) is 4.90. The van der Waals surface area contributed by atoms with E-state index < -0.39 is 11.5 Å². The van der Waals surface area contributed by atoms with Gasteiger partial charge in [0.25, 0.3) is 11.5 Å². The Kier molecular flexibility index (Phi) is 2.33. The largest absolute Gasteiger partial charge is 0.373 e. The van der Waals surface area contributed by atoms with E-state index in [9.17, 15) is 9.59 Å². The molecule has 0 radical (unpaired) electrons. The summed E-state index contributed by atoms with van der Waals surface area (Å²) in [5, 5.41) is 4.32. The van der Waals surface area contributed by atoms with E-state index in [-0.39, 0.29) is 12.3 Å². The van der Waals surface area contributed by atoms with Crippen LogP contribution in [0.3, 0.4) is 0 Å². The Bertz CT molecular complexity index is 368. The highest BCUT2D eigenvalue weighted by Gasteiger charge is 2.08. The lowest BCUT2D eigenvalue weighted by Crippen LogP contribution is -2.23. The second kappa shape index (κ2) is 3.44. The predicted molar refractivity (Wildman–Crippen MR) is 40.5 cm³/mol. The Morgan fingerprint density at radius 1 is 1.83 bits per heavy atom. The average molecular weight is 166 g/mol. The number of H-pyrrole nitrogens is 1. The van der Waals surface area contributed by atoms with Crippen molar-refractivity contribution >= 4 is 5.91 Å². The van der Waals surface area contributed by atoms with Gasteiger partial charge in [-0.15, -0.1) is 6.42 Å². The summed E-state index contributed by atoms with van der Waals surface area (Å²) < 4.78 is 4.50. The molecule has 0 fully saturated rings. The van der Waals surface area contributed by atoms with E-state index in [1.165, 1.54) is 0 Å². The van der Waals surface area contributed by atoms with Crippen molar-refractivity contribution in [1.29, 1.82) is 0 Å². The second-order valence-corrected chi connectivity index (χ2v) is 1.96. The summed E-state index contributed by atoms with van der Waals surface area (Å²) in [4.78, 5) is 21.5. The molecule has 62 valence electrons. The zero-order valence-corrected chi connectivity index (χ0v) is 6.09. The fourth-order valence-corrected chi connectivity index (χ4v) is 0.614. The van der Waals surface area contributed by atoms with Gasteiger partial charge < -0.3 is 9.84 Å². The third kappa shape index (κ3) is 1.76. The third-order valence-corrected chi connectivity index (χ3v) is 1.10. The zero-order valence-electron chi connectivity index (χ0n) is 6.09. The van der Waals surface area contributed by atoms with Gasteiger partial charge in [0.2, 0.25) is 5.76 Å². The minimum absolute atomic E-state index is 0.0738. The van der Waals surface area contributed by atoms with E-state index in [4.69, 9.17) is 6.42 Å². The van der Waals surface area contributed by atoms with Gasteiger partial charge in [-0.25, -0.2) is 0 Å². The number of aromatic nitrogens is 1. The molecular weight excluding hydrogens is 160 g/mol. The summed E-state index contributed by atoms with van der Waals surface area (Å²) in [5.74, 6) is 1.63. The molecule has 1 aromatic rings. The first-order valence-corrected chi connectivity index (χ1v) is 3.14. The minimum Gasteiger partial charge on any atom is -0.373 e. The molecule has 0 aliphatic rings. The molecule has 0 bridgehead atoms. The first-order chi connectivity index (χ1) is 5.74. The van der Waals surface area contributed by atoms with Gasteiger partial charge in [-0.2, -0.15) is 5.16 Å². The van der Waals surface area contributed by atoms with Gasteiger partial charge >= 0.3 is 0 Å². The lowest BCUT2D eigenvalue weighted by Gasteiger charge is -1.93. The summed E-state index contributed by atoms with van der Waals surface area (Å²) in [6.45, 7) is 0.105. The van der Waals surface area contributed by atoms with Crippen molar-refractivity contribution in [3.05, 3.63) is 22.2 Å². The molecule has 0 spiro atoms. The van der Waals surface area contributed by atoms with E-state index in [0.29, 0.717) is 0 Å². The molecule has 1 rings (SSSR count). The molecule has 0 saturated carbocycles.